The summed E-state index contributed by atoms with van der Waals surface area (Å²) in [6, 6.07) is 6.54. The number of benzene rings is 1. The largest absolute Gasteiger partial charge is 0.484 e. The molecular weight excluding hydrogens is 298 g/mol. The van der Waals surface area contributed by atoms with Crippen molar-refractivity contribution in [1.29, 1.82) is 0 Å². The fraction of sp³-hybridized carbons (Fsp3) is 0.312. The average molecular weight is 317 g/mol. The van der Waals surface area contributed by atoms with E-state index in [0.717, 1.165) is 5.56 Å². The molecule has 0 bridgehead atoms. The molecule has 23 heavy (non-hydrogen) atoms. The van der Waals surface area contributed by atoms with E-state index < -0.39 is 5.97 Å². The number of ether oxygens (including phenoxy) is 2. The summed E-state index contributed by atoms with van der Waals surface area (Å²) < 4.78 is 12.2. The zero-order valence-electron chi connectivity index (χ0n) is 13.4. The summed E-state index contributed by atoms with van der Waals surface area (Å²) in [5.74, 6) is -0.177. The Morgan fingerprint density at radius 1 is 1.30 bits per heavy atom. The number of hydrogen-bond acceptors (Lipinski definition) is 5. The number of esters is 1. The van der Waals surface area contributed by atoms with Crippen LogP contribution in [-0.4, -0.2) is 47.3 Å². The van der Waals surface area contributed by atoms with Crippen LogP contribution in [0, 0.1) is 0 Å². The highest BCUT2D eigenvalue weighted by molar-refractivity contribution is 5.89. The van der Waals surface area contributed by atoms with E-state index >= 15 is 0 Å². The molecule has 0 N–H and O–H groups in total. The van der Waals surface area contributed by atoms with Crippen LogP contribution in [0.1, 0.15) is 15.9 Å². The Balaban J connectivity index is 1.92. The maximum absolute atomic E-state index is 12.0. The van der Waals surface area contributed by atoms with Gasteiger partial charge < -0.3 is 14.4 Å². The Hall–Kier alpha value is -2.83. The Morgan fingerprint density at radius 2 is 2.09 bits per heavy atom. The first-order valence-corrected chi connectivity index (χ1v) is 7.03. The Bertz CT molecular complexity index is 694. The molecule has 122 valence electrons. The number of nitrogens with zero attached hydrogens (tertiary/aromatic N) is 3. The number of amides is 1. The standard InChI is InChI=1S/C16H19N3O4/c1-18(2)15(20)11-22-14-6-4-5-13(7-14)16(21)23-10-12-8-17-19(3)9-12/h4-9H,10-11H2,1-3H3. The van der Waals surface area contributed by atoms with E-state index in [1.54, 1.807) is 62.5 Å². The number of carbonyl (C=O) groups excluding carboxylic acids is 2. The van der Waals surface area contributed by atoms with Crippen LogP contribution in [0.15, 0.2) is 36.7 Å². The molecule has 2 aromatic rings. The molecule has 0 unspecified atom stereocenters. The predicted octanol–water partition coefficient (Wildman–Crippen LogP) is 1.24. The number of likely N-dealkylation sites (N-methyl/N-ethyl adjacent to an activating group) is 1. The van der Waals surface area contributed by atoms with Crippen molar-refractivity contribution in [3.63, 3.8) is 0 Å². The molecule has 0 aliphatic carbocycles. The van der Waals surface area contributed by atoms with Crippen molar-refractivity contribution in [2.24, 2.45) is 7.05 Å². The van der Waals surface area contributed by atoms with Gasteiger partial charge in [-0.1, -0.05) is 6.07 Å². The van der Waals surface area contributed by atoms with Gasteiger partial charge in [0.1, 0.15) is 12.4 Å². The second-order valence-corrected chi connectivity index (χ2v) is 5.20. The maximum atomic E-state index is 12.0. The molecule has 0 radical (unpaired) electrons. The molecule has 1 aromatic carbocycles. The third-order valence-electron chi connectivity index (χ3n) is 3.06. The van der Waals surface area contributed by atoms with Crippen molar-refractivity contribution in [1.82, 2.24) is 14.7 Å². The molecule has 0 spiro atoms. The summed E-state index contributed by atoms with van der Waals surface area (Å²) in [5, 5.41) is 4.01. The van der Waals surface area contributed by atoms with Gasteiger partial charge >= 0.3 is 5.97 Å². The molecule has 0 aliphatic rings. The smallest absolute Gasteiger partial charge is 0.338 e. The van der Waals surface area contributed by atoms with E-state index in [1.807, 2.05) is 0 Å². The number of aryl methyl sites for hydroxylation is 1. The van der Waals surface area contributed by atoms with Gasteiger partial charge in [0.15, 0.2) is 6.61 Å². The lowest BCUT2D eigenvalue weighted by Crippen LogP contribution is -2.27. The van der Waals surface area contributed by atoms with Crippen LogP contribution in [0.5, 0.6) is 5.75 Å². The monoisotopic (exact) mass is 317 g/mol. The molecule has 0 saturated carbocycles. The minimum absolute atomic E-state index is 0.0822. The van der Waals surface area contributed by atoms with Crippen molar-refractivity contribution < 1.29 is 19.1 Å². The fourth-order valence-corrected chi connectivity index (χ4v) is 1.77. The second kappa shape index (κ2) is 7.44. The molecular formula is C16H19N3O4. The Kier molecular flexibility index (Phi) is 5.35. The van der Waals surface area contributed by atoms with Crippen molar-refractivity contribution in [2.75, 3.05) is 20.7 Å². The summed E-state index contributed by atoms with van der Waals surface area (Å²) >= 11 is 0. The lowest BCUT2D eigenvalue weighted by molar-refractivity contribution is -0.130. The van der Waals surface area contributed by atoms with Crippen LogP contribution < -0.4 is 4.74 Å². The quantitative estimate of drug-likeness (QED) is 0.750. The topological polar surface area (TPSA) is 73.7 Å². The molecule has 0 fully saturated rings. The molecule has 1 amide bonds. The van der Waals surface area contributed by atoms with Crippen LogP contribution in [-0.2, 0) is 23.2 Å². The van der Waals surface area contributed by atoms with Crippen molar-refractivity contribution >= 4 is 11.9 Å². The molecule has 0 atom stereocenters. The molecule has 0 saturated heterocycles. The third kappa shape index (κ3) is 4.84. The lowest BCUT2D eigenvalue weighted by atomic mass is 10.2. The summed E-state index contributed by atoms with van der Waals surface area (Å²) in [4.78, 5) is 25.0. The minimum atomic E-state index is -0.460. The summed E-state index contributed by atoms with van der Waals surface area (Å²) in [5.41, 5.74) is 1.17. The molecule has 2 rings (SSSR count). The maximum Gasteiger partial charge on any atom is 0.338 e. The normalized spacial score (nSPS) is 10.2. The molecule has 0 aliphatic heterocycles. The minimum Gasteiger partial charge on any atom is -0.484 e. The van der Waals surface area contributed by atoms with Gasteiger partial charge in [-0.25, -0.2) is 4.79 Å². The lowest BCUT2D eigenvalue weighted by Gasteiger charge is -2.11. The van der Waals surface area contributed by atoms with Crippen LogP contribution in [0.25, 0.3) is 0 Å². The average Bonchev–Trinajstić information content (AvgIpc) is 2.96. The Labute approximate surface area is 134 Å². The van der Waals surface area contributed by atoms with Gasteiger partial charge in [0.2, 0.25) is 0 Å². The summed E-state index contributed by atoms with van der Waals surface area (Å²) in [6.45, 7) is 0.0675. The van der Waals surface area contributed by atoms with Gasteiger partial charge in [0.05, 0.1) is 11.8 Å². The predicted molar refractivity (Wildman–Crippen MR) is 83.0 cm³/mol. The van der Waals surface area contributed by atoms with E-state index in [-0.39, 0.29) is 19.1 Å². The number of hydrogen-bond donors (Lipinski definition) is 0. The zero-order chi connectivity index (χ0) is 16.8. The highest BCUT2D eigenvalue weighted by atomic mass is 16.5. The van der Waals surface area contributed by atoms with Crippen molar-refractivity contribution in [3.8, 4) is 5.75 Å². The summed E-state index contributed by atoms with van der Waals surface area (Å²) in [6.07, 6.45) is 3.42. The van der Waals surface area contributed by atoms with E-state index in [0.29, 0.717) is 11.3 Å². The van der Waals surface area contributed by atoms with Crippen molar-refractivity contribution in [3.05, 3.63) is 47.8 Å². The number of rotatable bonds is 6. The van der Waals surface area contributed by atoms with Gasteiger partial charge in [-0.05, 0) is 18.2 Å². The SMILES string of the molecule is CN(C)C(=O)COc1cccc(C(=O)OCc2cnn(C)c2)c1. The first-order valence-electron chi connectivity index (χ1n) is 7.03. The van der Waals surface area contributed by atoms with Crippen LogP contribution in [0.3, 0.4) is 0 Å². The van der Waals surface area contributed by atoms with Crippen LogP contribution in [0.4, 0.5) is 0 Å². The van der Waals surface area contributed by atoms with Gasteiger partial charge in [-0.15, -0.1) is 0 Å². The van der Waals surface area contributed by atoms with E-state index in [2.05, 4.69) is 5.10 Å². The van der Waals surface area contributed by atoms with Gasteiger partial charge in [-0.3, -0.25) is 9.48 Å². The molecule has 1 heterocycles. The number of carbonyl (C=O) groups is 2. The second-order valence-electron chi connectivity index (χ2n) is 5.20. The fourth-order valence-electron chi connectivity index (χ4n) is 1.77. The summed E-state index contributed by atoms with van der Waals surface area (Å²) in [7, 11) is 5.09. The van der Waals surface area contributed by atoms with Gasteiger partial charge in [0.25, 0.3) is 5.91 Å². The van der Waals surface area contributed by atoms with E-state index in [9.17, 15) is 9.59 Å². The van der Waals surface area contributed by atoms with E-state index in [1.165, 1.54) is 4.90 Å². The first kappa shape index (κ1) is 16.5. The van der Waals surface area contributed by atoms with Crippen LogP contribution in [0.2, 0.25) is 0 Å². The molecule has 1 aromatic heterocycles. The van der Waals surface area contributed by atoms with Gasteiger partial charge in [-0.2, -0.15) is 5.10 Å². The highest BCUT2D eigenvalue weighted by Gasteiger charge is 2.10. The molecule has 7 nitrogen and oxygen atoms in total. The van der Waals surface area contributed by atoms with E-state index in [4.69, 9.17) is 9.47 Å². The molecule has 7 heteroatoms. The third-order valence-corrected chi connectivity index (χ3v) is 3.06. The number of aromatic nitrogens is 2. The van der Waals surface area contributed by atoms with Gasteiger partial charge in [0, 0.05) is 32.9 Å². The van der Waals surface area contributed by atoms with Crippen LogP contribution >= 0.6 is 0 Å². The highest BCUT2D eigenvalue weighted by Crippen LogP contribution is 2.15. The Morgan fingerprint density at radius 3 is 2.74 bits per heavy atom. The zero-order valence-corrected chi connectivity index (χ0v) is 13.4. The first-order chi connectivity index (χ1) is 11.0. The van der Waals surface area contributed by atoms with Crippen molar-refractivity contribution in [2.45, 2.75) is 6.61 Å².